The third kappa shape index (κ3) is 2.06. The van der Waals surface area contributed by atoms with Crippen LogP contribution in [-0.2, 0) is 4.79 Å². The maximum absolute atomic E-state index is 10.5. The molecule has 0 atom stereocenters. The van der Waals surface area contributed by atoms with E-state index >= 15 is 0 Å². The first kappa shape index (κ1) is 10.7. The number of fused-ring (bicyclic) bond motifs is 1. The van der Waals surface area contributed by atoms with Gasteiger partial charge < -0.3 is 9.69 Å². The molecule has 0 fully saturated rings. The van der Waals surface area contributed by atoms with Crippen molar-refractivity contribution in [1.29, 1.82) is 0 Å². The molecule has 0 spiro atoms. The minimum absolute atomic E-state index is 0.428. The lowest BCUT2D eigenvalue weighted by molar-refractivity contribution is -0.106. The Hall–Kier alpha value is -1.83. The van der Waals surface area contributed by atoms with Crippen LogP contribution >= 0.6 is 0 Å². The number of hydrogen-bond donors (Lipinski definition) is 0. The van der Waals surface area contributed by atoms with Crippen molar-refractivity contribution in [1.82, 2.24) is 0 Å². The van der Waals surface area contributed by atoms with E-state index in [2.05, 4.69) is 37.3 Å². The predicted octanol–water partition coefficient (Wildman–Crippen LogP) is 2.78. The molecule has 16 heavy (non-hydrogen) atoms. The predicted molar refractivity (Wildman–Crippen MR) is 68.0 cm³/mol. The molecule has 0 bridgehead atoms. The van der Waals surface area contributed by atoms with Gasteiger partial charge in [0, 0.05) is 12.7 Å². The highest BCUT2D eigenvalue weighted by atomic mass is 16.1. The lowest BCUT2D eigenvalue weighted by Crippen LogP contribution is -2.18. The summed E-state index contributed by atoms with van der Waals surface area (Å²) in [5, 5.41) is 2.45. The number of rotatable bonds is 3. The van der Waals surface area contributed by atoms with E-state index in [4.69, 9.17) is 0 Å². The quantitative estimate of drug-likeness (QED) is 0.731. The molecule has 2 nitrogen and oxygen atoms in total. The second kappa shape index (κ2) is 4.35. The average molecular weight is 213 g/mol. The highest BCUT2D eigenvalue weighted by molar-refractivity contribution is 5.86. The molecule has 0 saturated carbocycles. The molecule has 82 valence electrons. The van der Waals surface area contributed by atoms with Crippen LogP contribution in [0.2, 0.25) is 0 Å². The van der Waals surface area contributed by atoms with Gasteiger partial charge in [-0.3, -0.25) is 0 Å². The summed E-state index contributed by atoms with van der Waals surface area (Å²) in [5.74, 6) is 0. The molecule has 0 aliphatic rings. The zero-order chi connectivity index (χ0) is 11.5. The van der Waals surface area contributed by atoms with E-state index in [-0.39, 0.29) is 0 Å². The Morgan fingerprint density at radius 3 is 2.56 bits per heavy atom. The van der Waals surface area contributed by atoms with Gasteiger partial charge in [-0.25, -0.2) is 0 Å². The van der Waals surface area contributed by atoms with Crippen LogP contribution in [0.3, 0.4) is 0 Å². The van der Waals surface area contributed by atoms with Crippen LogP contribution in [0.25, 0.3) is 10.8 Å². The van der Waals surface area contributed by atoms with Crippen LogP contribution in [0, 0.1) is 6.92 Å². The van der Waals surface area contributed by atoms with Gasteiger partial charge in [-0.05, 0) is 29.8 Å². The molecule has 0 aliphatic heterocycles. The van der Waals surface area contributed by atoms with E-state index in [1.165, 1.54) is 16.3 Å². The SMILES string of the molecule is Cc1ccc2cc(N(C)CC=O)ccc2c1. The van der Waals surface area contributed by atoms with Crippen molar-refractivity contribution in [2.24, 2.45) is 0 Å². The number of likely N-dealkylation sites (N-methyl/N-ethyl adjacent to an activating group) is 1. The van der Waals surface area contributed by atoms with Crippen LogP contribution < -0.4 is 4.90 Å². The highest BCUT2D eigenvalue weighted by Gasteiger charge is 2.01. The molecule has 0 saturated heterocycles. The summed E-state index contributed by atoms with van der Waals surface area (Å²) < 4.78 is 0. The lowest BCUT2D eigenvalue weighted by atomic mass is 10.1. The summed E-state index contributed by atoms with van der Waals surface area (Å²) in [6.45, 7) is 2.52. The monoisotopic (exact) mass is 213 g/mol. The second-order valence-corrected chi connectivity index (χ2v) is 4.08. The second-order valence-electron chi connectivity index (χ2n) is 4.08. The topological polar surface area (TPSA) is 20.3 Å². The maximum atomic E-state index is 10.5. The Balaban J connectivity index is 2.44. The highest BCUT2D eigenvalue weighted by Crippen LogP contribution is 2.22. The van der Waals surface area contributed by atoms with Gasteiger partial charge in [-0.15, -0.1) is 0 Å². The number of nitrogens with zero attached hydrogens (tertiary/aromatic N) is 1. The van der Waals surface area contributed by atoms with E-state index in [9.17, 15) is 4.79 Å². The Morgan fingerprint density at radius 1 is 1.12 bits per heavy atom. The average Bonchev–Trinajstić information content (AvgIpc) is 2.28. The Morgan fingerprint density at radius 2 is 1.81 bits per heavy atom. The molecule has 2 aromatic carbocycles. The zero-order valence-corrected chi connectivity index (χ0v) is 9.60. The molecule has 0 heterocycles. The Kier molecular flexibility index (Phi) is 2.91. The largest absolute Gasteiger partial charge is 0.368 e. The Labute approximate surface area is 95.5 Å². The summed E-state index contributed by atoms with van der Waals surface area (Å²) >= 11 is 0. The number of carbonyl (C=O) groups excluding carboxylic acids is 1. The van der Waals surface area contributed by atoms with Crippen LogP contribution in [0.4, 0.5) is 5.69 Å². The van der Waals surface area contributed by atoms with Crippen molar-refractivity contribution >= 4 is 22.7 Å². The van der Waals surface area contributed by atoms with Gasteiger partial charge in [0.15, 0.2) is 0 Å². The van der Waals surface area contributed by atoms with Gasteiger partial charge in [-0.1, -0.05) is 29.8 Å². The number of aryl methyl sites for hydroxylation is 1. The lowest BCUT2D eigenvalue weighted by Gasteiger charge is -2.16. The van der Waals surface area contributed by atoms with Crippen molar-refractivity contribution in [2.75, 3.05) is 18.5 Å². The molecule has 0 radical (unpaired) electrons. The van der Waals surface area contributed by atoms with Gasteiger partial charge >= 0.3 is 0 Å². The van der Waals surface area contributed by atoms with E-state index in [1.807, 2.05) is 18.0 Å². The molecule has 0 unspecified atom stereocenters. The Bertz CT molecular complexity index is 519. The van der Waals surface area contributed by atoms with Crippen LogP contribution in [0.1, 0.15) is 5.56 Å². The summed E-state index contributed by atoms with van der Waals surface area (Å²) in [7, 11) is 1.92. The molecule has 0 amide bonds. The molecule has 2 rings (SSSR count). The van der Waals surface area contributed by atoms with E-state index in [1.54, 1.807) is 0 Å². The number of anilines is 1. The summed E-state index contributed by atoms with van der Waals surface area (Å²) in [5.41, 5.74) is 2.34. The first-order chi connectivity index (χ1) is 7.70. The normalized spacial score (nSPS) is 10.4. The van der Waals surface area contributed by atoms with Gasteiger partial charge in [0.1, 0.15) is 6.29 Å². The van der Waals surface area contributed by atoms with E-state index in [0.29, 0.717) is 6.54 Å². The van der Waals surface area contributed by atoms with Crippen molar-refractivity contribution in [3.8, 4) is 0 Å². The van der Waals surface area contributed by atoms with Gasteiger partial charge in [0.2, 0.25) is 0 Å². The number of carbonyl (C=O) groups is 1. The van der Waals surface area contributed by atoms with Gasteiger partial charge in [-0.2, -0.15) is 0 Å². The molecule has 0 aliphatic carbocycles. The molecular formula is C14H15NO. The van der Waals surface area contributed by atoms with Gasteiger partial charge in [0.05, 0.1) is 6.54 Å². The van der Waals surface area contributed by atoms with Crippen LogP contribution in [0.15, 0.2) is 36.4 Å². The fraction of sp³-hybridized carbons (Fsp3) is 0.214. The molecular weight excluding hydrogens is 198 g/mol. The van der Waals surface area contributed by atoms with Crippen molar-refractivity contribution in [2.45, 2.75) is 6.92 Å². The van der Waals surface area contributed by atoms with E-state index < -0.39 is 0 Å². The first-order valence-corrected chi connectivity index (χ1v) is 5.36. The minimum atomic E-state index is 0.428. The number of aldehydes is 1. The summed E-state index contributed by atoms with van der Waals surface area (Å²) in [4.78, 5) is 12.4. The van der Waals surface area contributed by atoms with Gasteiger partial charge in [0.25, 0.3) is 0 Å². The molecule has 0 aromatic heterocycles. The third-order valence-corrected chi connectivity index (χ3v) is 2.77. The summed E-state index contributed by atoms with van der Waals surface area (Å²) in [6, 6.07) is 12.6. The van der Waals surface area contributed by atoms with Crippen LogP contribution in [-0.4, -0.2) is 19.9 Å². The van der Waals surface area contributed by atoms with Crippen LogP contribution in [0.5, 0.6) is 0 Å². The third-order valence-electron chi connectivity index (χ3n) is 2.77. The first-order valence-electron chi connectivity index (χ1n) is 5.36. The van der Waals surface area contributed by atoms with Crippen molar-refractivity contribution < 1.29 is 4.79 Å². The number of benzene rings is 2. The van der Waals surface area contributed by atoms with E-state index in [0.717, 1.165) is 12.0 Å². The summed E-state index contributed by atoms with van der Waals surface area (Å²) in [6.07, 6.45) is 0.916. The van der Waals surface area contributed by atoms with Crippen molar-refractivity contribution in [3.05, 3.63) is 42.0 Å². The number of hydrogen-bond acceptors (Lipinski definition) is 2. The van der Waals surface area contributed by atoms with Crippen molar-refractivity contribution in [3.63, 3.8) is 0 Å². The zero-order valence-electron chi connectivity index (χ0n) is 9.60. The standard InChI is InChI=1S/C14H15NO/c1-11-3-4-13-10-14(15(2)7-8-16)6-5-12(13)9-11/h3-6,8-10H,7H2,1-2H3. The minimum Gasteiger partial charge on any atom is -0.368 e. The molecule has 0 N–H and O–H groups in total. The fourth-order valence-corrected chi connectivity index (χ4v) is 1.81. The fourth-order valence-electron chi connectivity index (χ4n) is 1.81. The smallest absolute Gasteiger partial charge is 0.139 e. The molecule has 2 aromatic rings. The maximum Gasteiger partial charge on any atom is 0.139 e. The molecule has 2 heteroatoms.